The largest absolute Gasteiger partial charge is 0.444 e. The Labute approximate surface area is 176 Å². The van der Waals surface area contributed by atoms with E-state index in [0.717, 1.165) is 19.3 Å². The second kappa shape index (κ2) is 9.24. The van der Waals surface area contributed by atoms with E-state index in [1.54, 1.807) is 24.3 Å². The first-order valence-corrected chi connectivity index (χ1v) is 10.2. The second-order valence-electron chi connectivity index (χ2n) is 8.62. The number of hydrogen-bond donors (Lipinski definition) is 2. The van der Waals surface area contributed by atoms with Crippen molar-refractivity contribution in [2.75, 3.05) is 0 Å². The van der Waals surface area contributed by atoms with E-state index in [2.05, 4.69) is 15.6 Å². The molecule has 1 fully saturated rings. The molecule has 1 aliphatic rings. The van der Waals surface area contributed by atoms with Gasteiger partial charge in [0.1, 0.15) is 11.4 Å². The van der Waals surface area contributed by atoms with Crippen LogP contribution in [-0.4, -0.2) is 34.7 Å². The summed E-state index contributed by atoms with van der Waals surface area (Å²) >= 11 is 0. The molecule has 1 aliphatic carbocycles. The van der Waals surface area contributed by atoms with Crippen LogP contribution in [0, 0.1) is 5.82 Å². The number of nitrogens with zero attached hydrogens (tertiary/aromatic N) is 1. The molecule has 30 heavy (non-hydrogen) atoms. The van der Waals surface area contributed by atoms with Gasteiger partial charge >= 0.3 is 6.09 Å². The fourth-order valence-electron chi connectivity index (χ4n) is 3.54. The smallest absolute Gasteiger partial charge is 0.407 e. The normalized spacial score (nSPS) is 19.1. The minimum atomic E-state index is -0.545. The molecule has 1 saturated carbocycles. The molecular weight excluding hydrogens is 385 g/mol. The van der Waals surface area contributed by atoms with Gasteiger partial charge in [0.15, 0.2) is 0 Å². The summed E-state index contributed by atoms with van der Waals surface area (Å²) in [4.78, 5) is 28.9. The number of alkyl carbamates (subject to hydrolysis) is 1. The third-order valence-corrected chi connectivity index (χ3v) is 4.88. The summed E-state index contributed by atoms with van der Waals surface area (Å²) in [6.07, 6.45) is 4.33. The van der Waals surface area contributed by atoms with Gasteiger partial charge in [-0.2, -0.15) is 0 Å². The molecule has 2 amide bonds. The Bertz CT molecular complexity index is 893. The minimum Gasteiger partial charge on any atom is -0.444 e. The van der Waals surface area contributed by atoms with Gasteiger partial charge < -0.3 is 15.4 Å². The topological polar surface area (TPSA) is 80.3 Å². The molecule has 2 N–H and O–H groups in total. The van der Waals surface area contributed by atoms with Crippen molar-refractivity contribution in [3.8, 4) is 11.3 Å². The van der Waals surface area contributed by atoms with Gasteiger partial charge in [0, 0.05) is 23.8 Å². The predicted octanol–water partition coefficient (Wildman–Crippen LogP) is 4.45. The van der Waals surface area contributed by atoms with E-state index in [9.17, 15) is 14.0 Å². The molecule has 160 valence electrons. The van der Waals surface area contributed by atoms with Gasteiger partial charge in [-0.25, -0.2) is 9.18 Å². The zero-order valence-electron chi connectivity index (χ0n) is 17.6. The number of hydrogen-bond acceptors (Lipinski definition) is 4. The SMILES string of the molecule is CC(C)(C)OC(=O)N[C@@H]1CCC[C@H](NC(=O)c2ccc(-c3cccc(F)c3)nc2)C1. The van der Waals surface area contributed by atoms with Crippen LogP contribution < -0.4 is 10.6 Å². The van der Waals surface area contributed by atoms with Crippen LogP contribution in [0.3, 0.4) is 0 Å². The van der Waals surface area contributed by atoms with Gasteiger partial charge in [-0.15, -0.1) is 0 Å². The predicted molar refractivity (Wildman–Crippen MR) is 113 cm³/mol. The van der Waals surface area contributed by atoms with Crippen molar-refractivity contribution in [1.29, 1.82) is 0 Å². The molecular formula is C23H28FN3O3. The maximum absolute atomic E-state index is 13.4. The van der Waals surface area contributed by atoms with Crippen molar-refractivity contribution in [2.45, 2.75) is 64.1 Å². The summed E-state index contributed by atoms with van der Waals surface area (Å²) in [7, 11) is 0. The van der Waals surface area contributed by atoms with Crippen molar-refractivity contribution in [3.63, 3.8) is 0 Å². The van der Waals surface area contributed by atoms with Crippen LogP contribution in [0.4, 0.5) is 9.18 Å². The van der Waals surface area contributed by atoms with Crippen LogP contribution >= 0.6 is 0 Å². The van der Waals surface area contributed by atoms with Crippen LogP contribution in [0.25, 0.3) is 11.3 Å². The van der Waals surface area contributed by atoms with E-state index in [1.165, 1.54) is 18.3 Å². The summed E-state index contributed by atoms with van der Waals surface area (Å²) in [6.45, 7) is 5.47. The number of carbonyl (C=O) groups is 2. The molecule has 2 atom stereocenters. The van der Waals surface area contributed by atoms with Crippen LogP contribution in [0.1, 0.15) is 56.8 Å². The number of nitrogens with one attached hydrogen (secondary N) is 2. The lowest BCUT2D eigenvalue weighted by molar-refractivity contribution is 0.0489. The highest BCUT2D eigenvalue weighted by Crippen LogP contribution is 2.21. The van der Waals surface area contributed by atoms with Gasteiger partial charge in [0.2, 0.25) is 0 Å². The number of halogens is 1. The Morgan fingerprint density at radius 2 is 1.83 bits per heavy atom. The standard InChI is InChI=1S/C23H28FN3O3/c1-23(2,3)30-22(29)27-19-9-5-8-18(13-19)26-21(28)16-10-11-20(25-14-16)15-6-4-7-17(24)12-15/h4,6-7,10-12,14,18-19H,5,8-9,13H2,1-3H3,(H,26,28)(H,27,29)/t18-,19+/m0/s1. The Kier molecular flexibility index (Phi) is 6.70. The monoisotopic (exact) mass is 413 g/mol. The van der Waals surface area contributed by atoms with Gasteiger partial charge in [0.05, 0.1) is 11.3 Å². The van der Waals surface area contributed by atoms with Crippen molar-refractivity contribution in [2.24, 2.45) is 0 Å². The Morgan fingerprint density at radius 3 is 2.47 bits per heavy atom. The molecule has 0 spiro atoms. The van der Waals surface area contributed by atoms with Gasteiger partial charge in [-0.1, -0.05) is 12.1 Å². The molecule has 0 unspecified atom stereocenters. The zero-order chi connectivity index (χ0) is 21.7. The van der Waals surface area contributed by atoms with E-state index in [-0.39, 0.29) is 23.8 Å². The van der Waals surface area contributed by atoms with E-state index < -0.39 is 11.7 Å². The van der Waals surface area contributed by atoms with Crippen molar-refractivity contribution in [1.82, 2.24) is 15.6 Å². The van der Waals surface area contributed by atoms with Crippen molar-refractivity contribution >= 4 is 12.0 Å². The minimum absolute atomic E-state index is 0.0333. The van der Waals surface area contributed by atoms with Crippen LogP contribution in [0.15, 0.2) is 42.6 Å². The fourth-order valence-corrected chi connectivity index (χ4v) is 3.54. The summed E-state index contributed by atoms with van der Waals surface area (Å²) in [5.41, 5.74) is 1.16. The highest BCUT2D eigenvalue weighted by atomic mass is 19.1. The van der Waals surface area contributed by atoms with Crippen LogP contribution in [0.5, 0.6) is 0 Å². The van der Waals surface area contributed by atoms with Crippen LogP contribution in [-0.2, 0) is 4.74 Å². The summed E-state index contributed by atoms with van der Waals surface area (Å²) in [5, 5.41) is 5.92. The summed E-state index contributed by atoms with van der Waals surface area (Å²) in [5.74, 6) is -0.542. The van der Waals surface area contributed by atoms with Gasteiger partial charge in [-0.3, -0.25) is 9.78 Å². The number of benzene rings is 1. The molecule has 1 aromatic heterocycles. The lowest BCUT2D eigenvalue weighted by Crippen LogP contribution is -2.46. The van der Waals surface area contributed by atoms with Crippen molar-refractivity contribution < 1.29 is 18.7 Å². The van der Waals surface area contributed by atoms with E-state index in [0.29, 0.717) is 23.2 Å². The second-order valence-corrected chi connectivity index (χ2v) is 8.62. The number of pyridine rings is 1. The number of amides is 2. The molecule has 7 heteroatoms. The quantitative estimate of drug-likeness (QED) is 0.776. The molecule has 3 rings (SSSR count). The fraction of sp³-hybridized carbons (Fsp3) is 0.435. The Morgan fingerprint density at radius 1 is 1.10 bits per heavy atom. The number of rotatable bonds is 4. The maximum Gasteiger partial charge on any atom is 0.407 e. The van der Waals surface area contributed by atoms with E-state index in [1.807, 2.05) is 20.8 Å². The van der Waals surface area contributed by atoms with Crippen LogP contribution in [0.2, 0.25) is 0 Å². The lowest BCUT2D eigenvalue weighted by Gasteiger charge is -2.31. The first kappa shape index (κ1) is 21.7. The third-order valence-electron chi connectivity index (χ3n) is 4.88. The average molecular weight is 413 g/mol. The lowest BCUT2D eigenvalue weighted by atomic mass is 9.91. The van der Waals surface area contributed by atoms with E-state index in [4.69, 9.17) is 4.74 Å². The van der Waals surface area contributed by atoms with Gasteiger partial charge in [0.25, 0.3) is 5.91 Å². The number of aromatic nitrogens is 1. The molecule has 0 bridgehead atoms. The third kappa shape index (κ3) is 6.27. The number of carbonyl (C=O) groups excluding carboxylic acids is 2. The summed E-state index contributed by atoms with van der Waals surface area (Å²) < 4.78 is 18.7. The Balaban J connectivity index is 1.55. The highest BCUT2D eigenvalue weighted by Gasteiger charge is 2.26. The first-order valence-electron chi connectivity index (χ1n) is 10.2. The molecule has 0 saturated heterocycles. The molecule has 1 aromatic carbocycles. The zero-order valence-corrected chi connectivity index (χ0v) is 17.6. The van der Waals surface area contributed by atoms with E-state index >= 15 is 0 Å². The number of ether oxygens (including phenoxy) is 1. The highest BCUT2D eigenvalue weighted by molar-refractivity contribution is 5.94. The average Bonchev–Trinajstić information content (AvgIpc) is 2.67. The molecule has 0 aliphatic heterocycles. The first-order chi connectivity index (χ1) is 14.2. The van der Waals surface area contributed by atoms with Crippen molar-refractivity contribution in [3.05, 3.63) is 54.0 Å². The molecule has 2 aromatic rings. The Hall–Kier alpha value is -2.96. The molecule has 1 heterocycles. The molecule has 0 radical (unpaired) electrons. The summed E-state index contributed by atoms with van der Waals surface area (Å²) in [6, 6.07) is 9.49. The molecule has 6 nitrogen and oxygen atoms in total. The maximum atomic E-state index is 13.4. The van der Waals surface area contributed by atoms with Gasteiger partial charge in [-0.05, 0) is 70.7 Å².